The highest BCUT2D eigenvalue weighted by molar-refractivity contribution is 7.15. The van der Waals surface area contributed by atoms with Crippen molar-refractivity contribution in [2.75, 3.05) is 18.4 Å². The van der Waals surface area contributed by atoms with Crippen LogP contribution in [-0.2, 0) is 19.4 Å². The number of nitrogens with one attached hydrogen (secondary N) is 1. The van der Waals surface area contributed by atoms with Crippen LogP contribution in [0.3, 0.4) is 0 Å². The molecule has 0 bridgehead atoms. The molecule has 1 aliphatic rings. The molecule has 3 aromatic rings. The number of rotatable bonds is 7. The van der Waals surface area contributed by atoms with Crippen LogP contribution in [0.2, 0.25) is 0 Å². The summed E-state index contributed by atoms with van der Waals surface area (Å²) in [5, 5.41) is 4.20. The van der Waals surface area contributed by atoms with E-state index < -0.39 is 0 Å². The quantitative estimate of drug-likeness (QED) is 0.613. The normalized spacial score (nSPS) is 15.4. The average molecular weight is 424 g/mol. The number of aryl methyl sites for hydroxylation is 3. The van der Waals surface area contributed by atoms with Crippen LogP contribution in [0.25, 0.3) is 0 Å². The Balaban J connectivity index is 1.31. The Kier molecular flexibility index (Phi) is 6.64. The van der Waals surface area contributed by atoms with Crippen LogP contribution in [0.4, 0.5) is 10.9 Å². The van der Waals surface area contributed by atoms with Gasteiger partial charge in [0.25, 0.3) is 0 Å². The molecule has 0 radical (unpaired) electrons. The maximum absolute atomic E-state index is 4.75. The third kappa shape index (κ3) is 5.58. The maximum Gasteiger partial charge on any atom is 0.188 e. The van der Waals surface area contributed by atoms with Crippen molar-refractivity contribution in [1.82, 2.24) is 29.8 Å². The molecule has 4 heterocycles. The lowest BCUT2D eigenvalue weighted by Crippen LogP contribution is -2.34. The van der Waals surface area contributed by atoms with Crippen molar-refractivity contribution in [2.45, 2.75) is 53.0 Å². The minimum Gasteiger partial charge on any atom is -0.316 e. The highest BCUT2D eigenvalue weighted by Gasteiger charge is 2.21. The van der Waals surface area contributed by atoms with Crippen molar-refractivity contribution in [1.29, 1.82) is 0 Å². The molecule has 0 amide bonds. The Labute approximate surface area is 182 Å². The Morgan fingerprint density at radius 2 is 1.80 bits per heavy atom. The predicted octanol–water partition coefficient (Wildman–Crippen LogP) is 4.10. The Hall–Kier alpha value is -2.45. The molecule has 8 heteroatoms. The van der Waals surface area contributed by atoms with Crippen molar-refractivity contribution in [3.05, 3.63) is 52.4 Å². The van der Waals surface area contributed by atoms with E-state index in [0.29, 0.717) is 5.92 Å². The zero-order chi connectivity index (χ0) is 20.9. The van der Waals surface area contributed by atoms with Crippen LogP contribution >= 0.6 is 11.3 Å². The smallest absolute Gasteiger partial charge is 0.188 e. The molecule has 0 unspecified atom stereocenters. The van der Waals surface area contributed by atoms with Crippen LogP contribution < -0.4 is 5.32 Å². The fourth-order valence-electron chi connectivity index (χ4n) is 3.82. The second kappa shape index (κ2) is 9.57. The van der Waals surface area contributed by atoms with Crippen molar-refractivity contribution in [3.8, 4) is 0 Å². The van der Waals surface area contributed by atoms with E-state index in [0.717, 1.165) is 60.8 Å². The number of thiazole rings is 1. The van der Waals surface area contributed by atoms with Gasteiger partial charge in [-0.1, -0.05) is 6.92 Å². The van der Waals surface area contributed by atoms with Crippen LogP contribution in [-0.4, -0.2) is 42.9 Å². The Morgan fingerprint density at radius 1 is 1.03 bits per heavy atom. The second-order valence-corrected chi connectivity index (χ2v) is 9.23. The third-order valence-electron chi connectivity index (χ3n) is 5.42. The average Bonchev–Trinajstić information content (AvgIpc) is 3.14. The minimum absolute atomic E-state index is 0.622. The molecular formula is C22H29N7S. The topological polar surface area (TPSA) is 79.7 Å². The van der Waals surface area contributed by atoms with E-state index in [9.17, 15) is 0 Å². The summed E-state index contributed by atoms with van der Waals surface area (Å²) in [7, 11) is 0. The van der Waals surface area contributed by atoms with E-state index in [4.69, 9.17) is 4.98 Å². The number of likely N-dealkylation sites (tertiary alicyclic amines) is 1. The molecule has 7 nitrogen and oxygen atoms in total. The molecule has 0 atom stereocenters. The summed E-state index contributed by atoms with van der Waals surface area (Å²) >= 11 is 1.64. The van der Waals surface area contributed by atoms with Gasteiger partial charge in [0.15, 0.2) is 5.13 Å². The van der Waals surface area contributed by atoms with Gasteiger partial charge in [0.2, 0.25) is 0 Å². The van der Waals surface area contributed by atoms with Gasteiger partial charge in [-0.05, 0) is 45.7 Å². The summed E-state index contributed by atoms with van der Waals surface area (Å²) in [4.78, 5) is 26.3. The van der Waals surface area contributed by atoms with Crippen LogP contribution in [0, 0.1) is 19.8 Å². The van der Waals surface area contributed by atoms with Crippen LogP contribution in [0.1, 0.15) is 47.5 Å². The zero-order valence-electron chi connectivity index (χ0n) is 17.9. The maximum atomic E-state index is 4.75. The summed E-state index contributed by atoms with van der Waals surface area (Å²) in [6, 6.07) is 1.98. The van der Waals surface area contributed by atoms with Crippen molar-refractivity contribution >= 4 is 22.3 Å². The van der Waals surface area contributed by atoms with Gasteiger partial charge in [-0.3, -0.25) is 4.90 Å². The molecule has 30 heavy (non-hydrogen) atoms. The Morgan fingerprint density at radius 3 is 2.47 bits per heavy atom. The van der Waals surface area contributed by atoms with Gasteiger partial charge >= 0.3 is 0 Å². The molecule has 3 aromatic heterocycles. The first-order valence-electron chi connectivity index (χ1n) is 10.6. The van der Waals surface area contributed by atoms with E-state index in [1.807, 2.05) is 31.6 Å². The first kappa shape index (κ1) is 20.8. The molecule has 0 saturated carbocycles. The Bertz CT molecular complexity index is 962. The lowest BCUT2D eigenvalue weighted by molar-refractivity contribution is 0.175. The molecule has 158 valence electrons. The van der Waals surface area contributed by atoms with Gasteiger partial charge in [-0.2, -0.15) is 0 Å². The van der Waals surface area contributed by atoms with Gasteiger partial charge in [-0.15, -0.1) is 11.3 Å². The molecule has 1 N–H and O–H groups in total. The van der Waals surface area contributed by atoms with Crippen LogP contribution in [0.5, 0.6) is 0 Å². The number of piperidine rings is 1. The standard InChI is InChI=1S/C22H29N7S/c1-4-19-23-12-18(13-24-19)14-29-7-5-17(6-8-29)10-21-26-15(2)9-20(27-21)28-22-25-11-16(3)30-22/h9,11-13,17H,4-8,10,14H2,1-3H3,(H,25,26,27,28). The molecule has 0 aromatic carbocycles. The summed E-state index contributed by atoms with van der Waals surface area (Å²) in [6.07, 6.45) is 9.95. The number of aromatic nitrogens is 5. The van der Waals surface area contributed by atoms with Crippen molar-refractivity contribution in [2.24, 2.45) is 5.92 Å². The van der Waals surface area contributed by atoms with Gasteiger partial charge < -0.3 is 5.32 Å². The van der Waals surface area contributed by atoms with E-state index in [1.54, 1.807) is 11.3 Å². The van der Waals surface area contributed by atoms with E-state index >= 15 is 0 Å². The zero-order valence-corrected chi connectivity index (χ0v) is 18.7. The van der Waals surface area contributed by atoms with E-state index in [-0.39, 0.29) is 0 Å². The predicted molar refractivity (Wildman–Crippen MR) is 120 cm³/mol. The number of nitrogens with zero attached hydrogens (tertiary/aromatic N) is 6. The third-order valence-corrected chi connectivity index (χ3v) is 6.24. The molecular weight excluding hydrogens is 394 g/mol. The lowest BCUT2D eigenvalue weighted by Gasteiger charge is -2.31. The fourth-order valence-corrected chi connectivity index (χ4v) is 4.49. The first-order valence-corrected chi connectivity index (χ1v) is 11.4. The van der Waals surface area contributed by atoms with Gasteiger partial charge in [0, 0.05) is 60.2 Å². The summed E-state index contributed by atoms with van der Waals surface area (Å²) in [5.74, 6) is 3.29. The molecule has 1 saturated heterocycles. The van der Waals surface area contributed by atoms with Crippen molar-refractivity contribution < 1.29 is 0 Å². The molecule has 0 aliphatic carbocycles. The molecule has 0 spiro atoms. The minimum atomic E-state index is 0.622. The summed E-state index contributed by atoms with van der Waals surface area (Å²) < 4.78 is 0. The highest BCUT2D eigenvalue weighted by Crippen LogP contribution is 2.24. The SMILES string of the molecule is CCc1ncc(CN2CCC(Cc3nc(C)cc(Nc4ncc(C)s4)n3)CC2)cn1. The molecule has 1 fully saturated rings. The summed E-state index contributed by atoms with van der Waals surface area (Å²) in [5.41, 5.74) is 2.18. The fraction of sp³-hybridized carbons (Fsp3) is 0.500. The monoisotopic (exact) mass is 423 g/mol. The largest absolute Gasteiger partial charge is 0.316 e. The first-order chi connectivity index (χ1) is 14.6. The lowest BCUT2D eigenvalue weighted by atomic mass is 9.93. The van der Waals surface area contributed by atoms with E-state index in [2.05, 4.69) is 44.0 Å². The van der Waals surface area contributed by atoms with Gasteiger partial charge in [-0.25, -0.2) is 24.9 Å². The highest BCUT2D eigenvalue weighted by atomic mass is 32.1. The molecule has 4 rings (SSSR count). The van der Waals surface area contributed by atoms with Crippen molar-refractivity contribution in [3.63, 3.8) is 0 Å². The second-order valence-electron chi connectivity index (χ2n) is 8.00. The summed E-state index contributed by atoms with van der Waals surface area (Å²) in [6.45, 7) is 9.28. The van der Waals surface area contributed by atoms with E-state index in [1.165, 1.54) is 23.3 Å². The van der Waals surface area contributed by atoms with Gasteiger partial charge in [0.05, 0.1) is 0 Å². The number of hydrogen-bond donors (Lipinski definition) is 1. The van der Waals surface area contributed by atoms with Gasteiger partial charge in [0.1, 0.15) is 17.5 Å². The molecule has 1 aliphatic heterocycles. The van der Waals surface area contributed by atoms with Crippen LogP contribution in [0.15, 0.2) is 24.7 Å². The number of hydrogen-bond acceptors (Lipinski definition) is 8. The number of anilines is 2.